The van der Waals surface area contributed by atoms with E-state index in [4.69, 9.17) is 14.7 Å². The Morgan fingerprint density at radius 2 is 1.93 bits per heavy atom. The van der Waals surface area contributed by atoms with Crippen molar-refractivity contribution in [3.63, 3.8) is 0 Å². The number of carbonyl (C=O) groups excluding carboxylic acids is 3. The number of nitrogens with one attached hydrogen (secondary N) is 2. The SMILES string of the molecule is Cc1c(-c2ccc(OCCN3CCNC(=O)C3)cc2)sc2nc(-c3cccs3)nc(N(C)C3=CC(=O)NC3=O)c12.Cl. The number of piperazine rings is 1. The second kappa shape index (κ2) is 12.0. The van der Waals surface area contributed by atoms with Gasteiger partial charge in [0.1, 0.15) is 28.7 Å². The molecule has 1 saturated heterocycles. The zero-order valence-electron chi connectivity index (χ0n) is 22.3. The van der Waals surface area contributed by atoms with Crippen LogP contribution in [0, 0.1) is 6.92 Å². The van der Waals surface area contributed by atoms with Crippen LogP contribution in [-0.2, 0) is 14.4 Å². The molecule has 3 aromatic heterocycles. The molecule has 6 rings (SSSR count). The topological polar surface area (TPSA) is 117 Å². The van der Waals surface area contributed by atoms with Crippen LogP contribution in [0.2, 0.25) is 0 Å². The van der Waals surface area contributed by atoms with Crippen LogP contribution < -0.4 is 20.3 Å². The molecule has 10 nitrogen and oxygen atoms in total. The number of aromatic nitrogens is 2. The smallest absolute Gasteiger partial charge is 0.274 e. The van der Waals surface area contributed by atoms with Crippen LogP contribution in [0.5, 0.6) is 5.75 Å². The summed E-state index contributed by atoms with van der Waals surface area (Å²) in [5.41, 5.74) is 2.24. The molecule has 2 aliphatic rings. The summed E-state index contributed by atoms with van der Waals surface area (Å²) in [4.78, 5) is 52.1. The van der Waals surface area contributed by atoms with E-state index < -0.39 is 11.8 Å². The fraction of sp³-hybridized carbons (Fsp3) is 0.250. The van der Waals surface area contributed by atoms with Crippen molar-refractivity contribution < 1.29 is 19.1 Å². The molecule has 2 aliphatic heterocycles. The van der Waals surface area contributed by atoms with E-state index >= 15 is 0 Å². The lowest BCUT2D eigenvalue weighted by Crippen LogP contribution is -2.48. The zero-order chi connectivity index (χ0) is 27.8. The highest BCUT2D eigenvalue weighted by atomic mass is 35.5. The van der Waals surface area contributed by atoms with E-state index in [1.54, 1.807) is 23.3 Å². The van der Waals surface area contributed by atoms with Crippen LogP contribution in [0.15, 0.2) is 53.6 Å². The molecule has 2 N–H and O–H groups in total. The summed E-state index contributed by atoms with van der Waals surface area (Å²) < 4.78 is 5.94. The number of fused-ring (bicyclic) bond motifs is 1. The van der Waals surface area contributed by atoms with Gasteiger partial charge in [-0.25, -0.2) is 9.97 Å². The van der Waals surface area contributed by atoms with Crippen molar-refractivity contribution in [2.75, 3.05) is 44.7 Å². The second-order valence-corrected chi connectivity index (χ2v) is 11.4. The molecule has 5 heterocycles. The standard InChI is InChI=1S/C28H26N6O4S2.ClH/c1-16-23-26(33(2)19-14-21(35)30-27(19)37)31-25(20-4-3-13-39-20)32-28(23)40-24(16)17-5-7-18(8-6-17)38-12-11-34-10-9-29-22(36)15-34;/h3-8,13-14H,9-12,15H2,1-2H3,(H,29,36)(H,30,35,37);1H. The minimum Gasteiger partial charge on any atom is -0.492 e. The lowest BCUT2D eigenvalue weighted by atomic mass is 10.1. The van der Waals surface area contributed by atoms with E-state index in [0.717, 1.165) is 43.4 Å². The average Bonchev–Trinajstić information content (AvgIpc) is 3.68. The van der Waals surface area contributed by atoms with Gasteiger partial charge in [-0.3, -0.25) is 24.6 Å². The molecular weight excluding hydrogens is 584 g/mol. The Hall–Kier alpha value is -3.84. The summed E-state index contributed by atoms with van der Waals surface area (Å²) in [5, 5.41) is 7.94. The number of likely N-dealkylation sites (N-methyl/N-ethyl adjacent to an activating group) is 1. The molecule has 0 aliphatic carbocycles. The minimum absolute atomic E-state index is 0. The van der Waals surface area contributed by atoms with Crippen LogP contribution in [0.1, 0.15) is 5.56 Å². The van der Waals surface area contributed by atoms with Crippen molar-refractivity contribution in [3.05, 3.63) is 59.1 Å². The molecule has 0 bridgehead atoms. The molecule has 41 heavy (non-hydrogen) atoms. The minimum atomic E-state index is -0.454. The number of carbonyl (C=O) groups is 3. The van der Waals surface area contributed by atoms with Crippen molar-refractivity contribution >= 4 is 68.8 Å². The number of ether oxygens (including phenoxy) is 1. The van der Waals surface area contributed by atoms with Gasteiger partial charge in [0.2, 0.25) is 5.91 Å². The first-order valence-electron chi connectivity index (χ1n) is 12.8. The molecule has 4 aromatic rings. The molecule has 0 radical (unpaired) electrons. The lowest BCUT2D eigenvalue weighted by molar-refractivity contribution is -0.125. The van der Waals surface area contributed by atoms with Crippen LogP contribution in [-0.4, -0.2) is 72.4 Å². The fourth-order valence-electron chi connectivity index (χ4n) is 4.79. The second-order valence-electron chi connectivity index (χ2n) is 9.49. The zero-order valence-corrected chi connectivity index (χ0v) is 24.8. The van der Waals surface area contributed by atoms with E-state index in [1.807, 2.05) is 48.7 Å². The Balaban J connectivity index is 0.00000337. The fourth-order valence-corrected chi connectivity index (χ4v) is 6.63. The number of halogens is 1. The van der Waals surface area contributed by atoms with E-state index in [2.05, 4.69) is 15.5 Å². The van der Waals surface area contributed by atoms with Crippen LogP contribution in [0.4, 0.5) is 5.82 Å². The summed E-state index contributed by atoms with van der Waals surface area (Å²) in [6, 6.07) is 11.8. The number of thiophene rings is 2. The number of benzene rings is 1. The third-order valence-electron chi connectivity index (χ3n) is 6.84. The van der Waals surface area contributed by atoms with Crippen molar-refractivity contribution in [2.24, 2.45) is 0 Å². The van der Waals surface area contributed by atoms with Gasteiger partial charge in [0.15, 0.2) is 5.82 Å². The van der Waals surface area contributed by atoms with Crippen molar-refractivity contribution in [3.8, 4) is 26.9 Å². The molecule has 0 unspecified atom stereocenters. The first-order valence-corrected chi connectivity index (χ1v) is 14.4. The number of nitrogens with zero attached hydrogens (tertiary/aromatic N) is 4. The molecule has 212 valence electrons. The van der Waals surface area contributed by atoms with Crippen molar-refractivity contribution in [1.82, 2.24) is 25.5 Å². The Bertz CT molecular complexity index is 1650. The highest BCUT2D eigenvalue weighted by molar-refractivity contribution is 7.22. The Morgan fingerprint density at radius 1 is 1.12 bits per heavy atom. The monoisotopic (exact) mass is 610 g/mol. The van der Waals surface area contributed by atoms with Crippen LogP contribution in [0.3, 0.4) is 0 Å². The van der Waals surface area contributed by atoms with Crippen molar-refractivity contribution in [1.29, 1.82) is 0 Å². The third kappa shape index (κ3) is 5.82. The maximum absolute atomic E-state index is 12.5. The maximum Gasteiger partial charge on any atom is 0.274 e. The van der Waals surface area contributed by atoms with Gasteiger partial charge in [-0.1, -0.05) is 6.07 Å². The van der Waals surface area contributed by atoms with Crippen molar-refractivity contribution in [2.45, 2.75) is 6.92 Å². The molecule has 0 spiro atoms. The summed E-state index contributed by atoms with van der Waals surface area (Å²) in [6.45, 7) is 5.10. The Morgan fingerprint density at radius 3 is 2.61 bits per heavy atom. The number of anilines is 1. The van der Waals surface area contributed by atoms with E-state index in [9.17, 15) is 14.4 Å². The molecule has 0 atom stereocenters. The number of aryl methyl sites for hydroxylation is 1. The van der Waals surface area contributed by atoms with Gasteiger partial charge in [-0.15, -0.1) is 35.1 Å². The number of rotatable bonds is 8. The lowest BCUT2D eigenvalue weighted by Gasteiger charge is -2.26. The number of hydrogen-bond donors (Lipinski definition) is 2. The number of hydrogen-bond acceptors (Lipinski definition) is 10. The highest BCUT2D eigenvalue weighted by Gasteiger charge is 2.29. The van der Waals surface area contributed by atoms with Gasteiger partial charge in [0, 0.05) is 37.6 Å². The Kier molecular flexibility index (Phi) is 8.36. The number of amides is 3. The molecule has 1 fully saturated rings. The van der Waals surface area contributed by atoms with Gasteiger partial charge >= 0.3 is 0 Å². The highest BCUT2D eigenvalue weighted by Crippen LogP contribution is 2.43. The quantitative estimate of drug-likeness (QED) is 0.291. The molecule has 0 saturated carbocycles. The van der Waals surface area contributed by atoms with Gasteiger partial charge in [-0.2, -0.15) is 0 Å². The first-order chi connectivity index (χ1) is 19.4. The molecule has 3 amide bonds. The predicted molar refractivity (Wildman–Crippen MR) is 163 cm³/mol. The molecular formula is C28H27ClN6O4S2. The van der Waals surface area contributed by atoms with E-state index in [1.165, 1.54) is 17.4 Å². The number of imide groups is 1. The van der Waals surface area contributed by atoms with Crippen LogP contribution in [0.25, 0.3) is 31.4 Å². The van der Waals surface area contributed by atoms with Gasteiger partial charge in [-0.05, 0) is 53.8 Å². The van der Waals surface area contributed by atoms with Gasteiger partial charge in [0.05, 0.1) is 16.8 Å². The van der Waals surface area contributed by atoms with E-state index in [0.29, 0.717) is 37.9 Å². The normalized spacial score (nSPS) is 15.4. The Labute approximate surface area is 250 Å². The maximum atomic E-state index is 12.5. The van der Waals surface area contributed by atoms with Crippen LogP contribution >= 0.6 is 35.1 Å². The van der Waals surface area contributed by atoms with Gasteiger partial charge in [0.25, 0.3) is 11.8 Å². The summed E-state index contributed by atoms with van der Waals surface area (Å²) >= 11 is 3.10. The summed E-state index contributed by atoms with van der Waals surface area (Å²) in [5.74, 6) is 1.04. The summed E-state index contributed by atoms with van der Waals surface area (Å²) in [6.07, 6.45) is 1.29. The third-order valence-corrected chi connectivity index (χ3v) is 8.94. The average molecular weight is 611 g/mol. The predicted octanol–water partition coefficient (Wildman–Crippen LogP) is 3.60. The van der Waals surface area contributed by atoms with Gasteiger partial charge < -0.3 is 15.0 Å². The van der Waals surface area contributed by atoms with E-state index in [-0.39, 0.29) is 24.0 Å². The largest absolute Gasteiger partial charge is 0.492 e. The molecule has 13 heteroatoms. The molecule has 1 aromatic carbocycles. The first kappa shape index (κ1) is 28.7. The summed E-state index contributed by atoms with van der Waals surface area (Å²) in [7, 11) is 1.74.